The molecule has 0 saturated carbocycles. The summed E-state index contributed by atoms with van der Waals surface area (Å²) in [5, 5.41) is 12.6. The number of carbonyl (C=O) groups is 1. The Morgan fingerprint density at radius 1 is 1.44 bits per heavy atom. The van der Waals surface area contributed by atoms with Crippen molar-refractivity contribution in [1.82, 2.24) is 10.2 Å². The molecule has 1 aliphatic rings. The van der Waals surface area contributed by atoms with Gasteiger partial charge in [-0.05, 0) is 39.2 Å². The Hall–Kier alpha value is -0.610. The van der Waals surface area contributed by atoms with Crippen molar-refractivity contribution in [2.24, 2.45) is 0 Å². The SMILES string of the molecule is CCC(O)CCNC(C)C(=O)N1CCCC1. The molecule has 0 aromatic heterocycles. The van der Waals surface area contributed by atoms with Gasteiger partial charge in [-0.25, -0.2) is 0 Å². The predicted molar refractivity (Wildman–Crippen MR) is 64.2 cm³/mol. The summed E-state index contributed by atoms with van der Waals surface area (Å²) in [7, 11) is 0. The first-order valence-electron chi connectivity index (χ1n) is 6.35. The molecule has 4 nitrogen and oxygen atoms in total. The van der Waals surface area contributed by atoms with Crippen molar-refractivity contribution in [1.29, 1.82) is 0 Å². The molecule has 0 bridgehead atoms. The number of aliphatic hydroxyl groups is 1. The van der Waals surface area contributed by atoms with E-state index < -0.39 is 0 Å². The summed E-state index contributed by atoms with van der Waals surface area (Å²) in [6.45, 7) is 6.38. The van der Waals surface area contributed by atoms with Gasteiger partial charge in [0.2, 0.25) is 5.91 Å². The highest BCUT2D eigenvalue weighted by Crippen LogP contribution is 2.08. The van der Waals surface area contributed by atoms with Crippen molar-refractivity contribution < 1.29 is 9.90 Å². The second kappa shape index (κ2) is 6.86. The first-order chi connectivity index (χ1) is 7.65. The van der Waals surface area contributed by atoms with Crippen molar-refractivity contribution in [3.05, 3.63) is 0 Å². The van der Waals surface area contributed by atoms with Gasteiger partial charge >= 0.3 is 0 Å². The average molecular weight is 228 g/mol. The Bertz CT molecular complexity index is 215. The third-order valence-electron chi connectivity index (χ3n) is 3.19. The standard InChI is InChI=1S/C12H24N2O2/c1-3-11(15)6-7-13-10(2)12(16)14-8-4-5-9-14/h10-11,13,15H,3-9H2,1-2H3. The first kappa shape index (κ1) is 13.5. The minimum atomic E-state index is -0.249. The van der Waals surface area contributed by atoms with E-state index in [1.807, 2.05) is 18.7 Å². The highest BCUT2D eigenvalue weighted by Gasteiger charge is 2.22. The Morgan fingerprint density at radius 3 is 2.62 bits per heavy atom. The predicted octanol–water partition coefficient (Wildman–Crippen LogP) is 0.748. The molecule has 4 heteroatoms. The van der Waals surface area contributed by atoms with Crippen LogP contribution in [0, 0.1) is 0 Å². The van der Waals surface area contributed by atoms with Crippen LogP contribution in [0.4, 0.5) is 0 Å². The van der Waals surface area contributed by atoms with E-state index in [1.54, 1.807) is 0 Å². The number of hydrogen-bond donors (Lipinski definition) is 2. The fourth-order valence-electron chi connectivity index (χ4n) is 1.97. The van der Waals surface area contributed by atoms with Gasteiger partial charge in [0.05, 0.1) is 12.1 Å². The molecule has 94 valence electrons. The molecule has 16 heavy (non-hydrogen) atoms. The maximum atomic E-state index is 11.9. The van der Waals surface area contributed by atoms with Crippen molar-refractivity contribution in [3.63, 3.8) is 0 Å². The van der Waals surface area contributed by atoms with Crippen LogP contribution in [0.25, 0.3) is 0 Å². The number of carbonyl (C=O) groups excluding carboxylic acids is 1. The van der Waals surface area contributed by atoms with Gasteiger partial charge in [-0.15, -0.1) is 0 Å². The van der Waals surface area contributed by atoms with Crippen LogP contribution in [0.1, 0.15) is 39.5 Å². The molecular weight excluding hydrogens is 204 g/mol. The van der Waals surface area contributed by atoms with Gasteiger partial charge in [-0.2, -0.15) is 0 Å². The normalized spacial score (nSPS) is 19.8. The average Bonchev–Trinajstić information content (AvgIpc) is 2.81. The molecule has 1 aliphatic heterocycles. The Kier molecular flexibility index (Phi) is 5.77. The van der Waals surface area contributed by atoms with Gasteiger partial charge in [0.15, 0.2) is 0 Å². The largest absolute Gasteiger partial charge is 0.393 e. The van der Waals surface area contributed by atoms with Gasteiger partial charge in [-0.3, -0.25) is 4.79 Å². The van der Waals surface area contributed by atoms with Gasteiger partial charge in [0, 0.05) is 13.1 Å². The van der Waals surface area contributed by atoms with Crippen LogP contribution in [0.3, 0.4) is 0 Å². The molecular formula is C12H24N2O2. The molecule has 0 aromatic carbocycles. The fourth-order valence-corrected chi connectivity index (χ4v) is 1.97. The third-order valence-corrected chi connectivity index (χ3v) is 3.19. The number of nitrogens with one attached hydrogen (secondary N) is 1. The molecule has 1 fully saturated rings. The quantitative estimate of drug-likeness (QED) is 0.705. The van der Waals surface area contributed by atoms with E-state index in [2.05, 4.69) is 5.32 Å². The number of amides is 1. The molecule has 0 spiro atoms. The second-order valence-corrected chi connectivity index (χ2v) is 4.56. The smallest absolute Gasteiger partial charge is 0.239 e. The number of rotatable bonds is 6. The molecule has 0 aromatic rings. The number of aliphatic hydroxyl groups excluding tert-OH is 1. The van der Waals surface area contributed by atoms with Crippen molar-refractivity contribution in [3.8, 4) is 0 Å². The lowest BCUT2D eigenvalue weighted by Gasteiger charge is -2.21. The van der Waals surface area contributed by atoms with Crippen LogP contribution in [0.2, 0.25) is 0 Å². The minimum absolute atomic E-state index is 0.123. The summed E-state index contributed by atoms with van der Waals surface area (Å²) in [5.74, 6) is 0.198. The molecule has 1 amide bonds. The fraction of sp³-hybridized carbons (Fsp3) is 0.917. The van der Waals surface area contributed by atoms with Crippen LogP contribution in [-0.4, -0.2) is 47.7 Å². The van der Waals surface area contributed by atoms with Crippen molar-refractivity contribution in [2.75, 3.05) is 19.6 Å². The maximum Gasteiger partial charge on any atom is 0.239 e. The zero-order valence-electron chi connectivity index (χ0n) is 10.4. The van der Waals surface area contributed by atoms with E-state index in [4.69, 9.17) is 0 Å². The Morgan fingerprint density at radius 2 is 2.06 bits per heavy atom. The van der Waals surface area contributed by atoms with Crippen LogP contribution in [0.5, 0.6) is 0 Å². The molecule has 2 atom stereocenters. The van der Waals surface area contributed by atoms with E-state index in [0.29, 0.717) is 13.0 Å². The molecule has 1 rings (SSSR count). The summed E-state index contributed by atoms with van der Waals surface area (Å²) in [6, 6.07) is -0.123. The molecule has 1 saturated heterocycles. The van der Waals surface area contributed by atoms with Gasteiger partial charge in [0.1, 0.15) is 0 Å². The summed E-state index contributed by atoms with van der Waals surface area (Å²) in [6.07, 6.45) is 3.51. The number of nitrogens with zero attached hydrogens (tertiary/aromatic N) is 1. The summed E-state index contributed by atoms with van der Waals surface area (Å²) >= 11 is 0. The highest BCUT2D eigenvalue weighted by atomic mass is 16.3. The molecule has 0 aliphatic carbocycles. The summed E-state index contributed by atoms with van der Waals surface area (Å²) in [5.41, 5.74) is 0. The van der Waals surface area contributed by atoms with Crippen molar-refractivity contribution >= 4 is 5.91 Å². The Balaban J connectivity index is 2.18. The lowest BCUT2D eigenvalue weighted by atomic mass is 10.2. The zero-order valence-corrected chi connectivity index (χ0v) is 10.4. The van der Waals surface area contributed by atoms with Crippen molar-refractivity contribution in [2.45, 2.75) is 51.7 Å². The van der Waals surface area contributed by atoms with Gasteiger partial charge < -0.3 is 15.3 Å². The van der Waals surface area contributed by atoms with E-state index in [-0.39, 0.29) is 18.1 Å². The summed E-state index contributed by atoms with van der Waals surface area (Å²) < 4.78 is 0. The van der Waals surface area contributed by atoms with E-state index in [9.17, 15) is 9.90 Å². The number of likely N-dealkylation sites (tertiary alicyclic amines) is 1. The van der Waals surface area contributed by atoms with E-state index >= 15 is 0 Å². The second-order valence-electron chi connectivity index (χ2n) is 4.56. The number of hydrogen-bond acceptors (Lipinski definition) is 3. The zero-order chi connectivity index (χ0) is 12.0. The molecule has 2 unspecified atom stereocenters. The lowest BCUT2D eigenvalue weighted by Crippen LogP contribution is -2.44. The highest BCUT2D eigenvalue weighted by molar-refractivity contribution is 5.81. The molecule has 0 radical (unpaired) electrons. The van der Waals surface area contributed by atoms with Crippen LogP contribution >= 0.6 is 0 Å². The maximum absolute atomic E-state index is 11.9. The summed E-state index contributed by atoms with van der Waals surface area (Å²) in [4.78, 5) is 13.8. The van der Waals surface area contributed by atoms with E-state index in [1.165, 1.54) is 0 Å². The first-order valence-corrected chi connectivity index (χ1v) is 6.35. The monoisotopic (exact) mass is 228 g/mol. The molecule has 2 N–H and O–H groups in total. The lowest BCUT2D eigenvalue weighted by molar-refractivity contribution is -0.131. The van der Waals surface area contributed by atoms with Gasteiger partial charge in [0.25, 0.3) is 0 Å². The van der Waals surface area contributed by atoms with Crippen LogP contribution in [-0.2, 0) is 4.79 Å². The minimum Gasteiger partial charge on any atom is -0.393 e. The third kappa shape index (κ3) is 4.10. The van der Waals surface area contributed by atoms with Gasteiger partial charge in [-0.1, -0.05) is 6.92 Å². The van der Waals surface area contributed by atoms with E-state index in [0.717, 1.165) is 32.4 Å². The van der Waals surface area contributed by atoms with Crippen LogP contribution in [0.15, 0.2) is 0 Å². The molecule has 1 heterocycles. The Labute approximate surface area is 98.0 Å². The van der Waals surface area contributed by atoms with Crippen LogP contribution < -0.4 is 5.32 Å². The topological polar surface area (TPSA) is 52.6 Å².